The van der Waals surface area contributed by atoms with E-state index in [0.29, 0.717) is 11.3 Å². The maximum Gasteiger partial charge on any atom is 0.235 e. The average Bonchev–Trinajstić information content (AvgIpc) is 2.26. The van der Waals surface area contributed by atoms with Gasteiger partial charge in [0.15, 0.2) is 0 Å². The third-order valence-electron chi connectivity index (χ3n) is 2.49. The number of nitrogen functional groups attached to an aromatic ring is 1. The van der Waals surface area contributed by atoms with Crippen LogP contribution in [0.1, 0.15) is 19.4 Å². The van der Waals surface area contributed by atoms with Crippen LogP contribution in [0.4, 0.5) is 5.69 Å². The molecule has 0 atom stereocenters. The lowest BCUT2D eigenvalue weighted by Crippen LogP contribution is -2.32. The van der Waals surface area contributed by atoms with Crippen molar-refractivity contribution in [3.05, 3.63) is 29.8 Å². The van der Waals surface area contributed by atoms with Crippen molar-refractivity contribution in [1.82, 2.24) is 0 Å². The second-order valence-corrected chi connectivity index (χ2v) is 6.62. The van der Waals surface area contributed by atoms with Crippen molar-refractivity contribution in [3.8, 4) is 0 Å². The maximum absolute atomic E-state index is 12.1. The van der Waals surface area contributed by atoms with E-state index >= 15 is 0 Å². The molecule has 1 rings (SSSR count). The third kappa shape index (κ3) is 3.22. The molecule has 1 aromatic rings. The van der Waals surface area contributed by atoms with E-state index in [2.05, 4.69) is 0 Å². The van der Waals surface area contributed by atoms with Crippen molar-refractivity contribution < 1.29 is 8.42 Å². The van der Waals surface area contributed by atoms with Crippen LogP contribution in [0, 0.1) is 11.3 Å². The van der Waals surface area contributed by atoms with Gasteiger partial charge in [0, 0.05) is 12.6 Å². The first-order valence-corrected chi connectivity index (χ1v) is 7.26. The number of nitrogens with zero attached hydrogens (tertiary/aromatic N) is 1. The third-order valence-corrected chi connectivity index (χ3v) is 4.61. The minimum absolute atomic E-state index is 0.0435. The van der Waals surface area contributed by atoms with Gasteiger partial charge in [-0.15, -0.1) is 0 Å². The monoisotopic (exact) mass is 269 g/mol. The maximum atomic E-state index is 12.1. The number of nitrogens with two attached hydrogens (primary N) is 1. The van der Waals surface area contributed by atoms with Crippen LogP contribution < -0.4 is 10.0 Å². The lowest BCUT2D eigenvalue weighted by Gasteiger charge is -2.22. The number of benzene rings is 1. The molecule has 0 fully saturated rings. The zero-order valence-corrected chi connectivity index (χ0v) is 11.7. The Morgan fingerprint density at radius 2 is 1.94 bits per heavy atom. The largest absolute Gasteiger partial charge is 0.384 e. The van der Waals surface area contributed by atoms with Crippen LogP contribution in [0.15, 0.2) is 24.3 Å². The van der Waals surface area contributed by atoms with Crippen molar-refractivity contribution in [3.63, 3.8) is 0 Å². The molecule has 0 aliphatic rings. The average molecular weight is 269 g/mol. The van der Waals surface area contributed by atoms with E-state index in [0.717, 1.165) is 0 Å². The van der Waals surface area contributed by atoms with Gasteiger partial charge in [0.1, 0.15) is 5.84 Å². The topological polar surface area (TPSA) is 87.2 Å². The number of hydrogen-bond acceptors (Lipinski definition) is 3. The van der Waals surface area contributed by atoms with E-state index in [-0.39, 0.29) is 17.5 Å². The van der Waals surface area contributed by atoms with Gasteiger partial charge in [0.2, 0.25) is 10.0 Å². The van der Waals surface area contributed by atoms with Crippen LogP contribution in [-0.2, 0) is 10.0 Å². The van der Waals surface area contributed by atoms with Gasteiger partial charge >= 0.3 is 0 Å². The number of amidine groups is 1. The first-order chi connectivity index (χ1) is 8.25. The summed E-state index contributed by atoms with van der Waals surface area (Å²) in [4.78, 5) is 0. The predicted molar refractivity (Wildman–Crippen MR) is 74.5 cm³/mol. The van der Waals surface area contributed by atoms with Gasteiger partial charge in [0.25, 0.3) is 0 Å². The molecule has 0 aliphatic carbocycles. The summed E-state index contributed by atoms with van der Waals surface area (Å²) in [5, 5.41) is 7.47. The second-order valence-electron chi connectivity index (χ2n) is 4.57. The molecular weight excluding hydrogens is 250 g/mol. The first kappa shape index (κ1) is 14.5. The number of rotatable bonds is 5. The molecule has 3 N–H and O–H groups in total. The van der Waals surface area contributed by atoms with Gasteiger partial charge in [0.05, 0.1) is 11.4 Å². The highest BCUT2D eigenvalue weighted by atomic mass is 32.2. The quantitative estimate of drug-likeness (QED) is 0.625. The van der Waals surface area contributed by atoms with Crippen LogP contribution in [0.2, 0.25) is 0 Å². The number of nitrogens with one attached hydrogen (secondary N) is 1. The molecule has 0 saturated carbocycles. The van der Waals surface area contributed by atoms with Crippen LogP contribution in [-0.4, -0.2) is 27.1 Å². The highest BCUT2D eigenvalue weighted by Crippen LogP contribution is 2.22. The number of para-hydroxylation sites is 1. The molecule has 5 nitrogen and oxygen atoms in total. The van der Waals surface area contributed by atoms with Crippen molar-refractivity contribution in [1.29, 1.82) is 5.41 Å². The minimum Gasteiger partial charge on any atom is -0.384 e. The standard InChI is InChI=1S/C12H19N3O2S/c1-9(2)8-18(16,17)15(3)11-7-5-4-6-10(11)12(13)14/h4-7,9H,8H2,1-3H3,(H3,13,14). The zero-order chi connectivity index (χ0) is 13.9. The van der Waals surface area contributed by atoms with Crippen LogP contribution in [0.25, 0.3) is 0 Å². The van der Waals surface area contributed by atoms with Crippen LogP contribution >= 0.6 is 0 Å². The molecule has 18 heavy (non-hydrogen) atoms. The molecular formula is C12H19N3O2S. The summed E-state index contributed by atoms with van der Waals surface area (Å²) in [6, 6.07) is 6.74. The Hall–Kier alpha value is -1.56. The fourth-order valence-electron chi connectivity index (χ4n) is 1.66. The van der Waals surface area contributed by atoms with Gasteiger partial charge in [-0.1, -0.05) is 26.0 Å². The van der Waals surface area contributed by atoms with E-state index in [1.807, 2.05) is 13.8 Å². The molecule has 100 valence electrons. The molecule has 0 spiro atoms. The summed E-state index contributed by atoms with van der Waals surface area (Å²) in [5.41, 5.74) is 6.32. The molecule has 1 aromatic carbocycles. The number of anilines is 1. The van der Waals surface area contributed by atoms with Gasteiger partial charge in [-0.2, -0.15) is 0 Å². The Balaban J connectivity index is 3.19. The molecule has 0 radical (unpaired) electrons. The Bertz CT molecular complexity index is 538. The predicted octanol–water partition coefficient (Wildman–Crippen LogP) is 1.39. The van der Waals surface area contributed by atoms with E-state index < -0.39 is 10.0 Å². The fraction of sp³-hybridized carbons (Fsp3) is 0.417. The molecule has 0 saturated heterocycles. The van der Waals surface area contributed by atoms with E-state index in [1.54, 1.807) is 24.3 Å². The zero-order valence-electron chi connectivity index (χ0n) is 10.8. The van der Waals surface area contributed by atoms with Crippen LogP contribution in [0.5, 0.6) is 0 Å². The van der Waals surface area contributed by atoms with E-state index in [9.17, 15) is 8.42 Å². The molecule has 6 heteroatoms. The highest BCUT2D eigenvalue weighted by molar-refractivity contribution is 7.92. The number of sulfonamides is 1. The van der Waals surface area contributed by atoms with Gasteiger partial charge in [-0.25, -0.2) is 8.42 Å². The summed E-state index contributed by atoms with van der Waals surface area (Å²) in [5.74, 6) is -0.0328. The van der Waals surface area contributed by atoms with E-state index in [4.69, 9.17) is 11.1 Å². The highest BCUT2D eigenvalue weighted by Gasteiger charge is 2.22. The summed E-state index contributed by atoms with van der Waals surface area (Å²) in [6.45, 7) is 3.70. The molecule has 0 heterocycles. The SMILES string of the molecule is CC(C)CS(=O)(=O)N(C)c1ccccc1C(=N)N. The molecule has 0 bridgehead atoms. The van der Waals surface area contributed by atoms with Crippen LogP contribution in [0.3, 0.4) is 0 Å². The molecule has 0 unspecified atom stereocenters. The Morgan fingerprint density at radius 1 is 1.39 bits per heavy atom. The fourth-order valence-corrected chi connectivity index (χ4v) is 3.18. The van der Waals surface area contributed by atoms with Gasteiger partial charge in [-0.3, -0.25) is 9.71 Å². The van der Waals surface area contributed by atoms with Gasteiger partial charge in [-0.05, 0) is 18.1 Å². The molecule has 0 amide bonds. The van der Waals surface area contributed by atoms with Crippen molar-refractivity contribution in [2.45, 2.75) is 13.8 Å². The van der Waals surface area contributed by atoms with Gasteiger partial charge < -0.3 is 5.73 Å². The lowest BCUT2D eigenvalue weighted by atomic mass is 10.1. The Labute approximate surface area is 108 Å². The Morgan fingerprint density at radius 3 is 2.44 bits per heavy atom. The summed E-state index contributed by atoms with van der Waals surface area (Å²) in [7, 11) is -1.90. The van der Waals surface area contributed by atoms with Crippen molar-refractivity contribution in [2.75, 3.05) is 17.1 Å². The summed E-state index contributed by atoms with van der Waals surface area (Å²) >= 11 is 0. The molecule has 0 aromatic heterocycles. The number of hydrogen-bond donors (Lipinski definition) is 2. The second kappa shape index (κ2) is 5.39. The Kier molecular flexibility index (Phi) is 4.34. The first-order valence-electron chi connectivity index (χ1n) is 5.65. The van der Waals surface area contributed by atoms with Crippen molar-refractivity contribution in [2.24, 2.45) is 11.7 Å². The van der Waals surface area contributed by atoms with E-state index in [1.165, 1.54) is 11.4 Å². The smallest absolute Gasteiger partial charge is 0.235 e. The summed E-state index contributed by atoms with van der Waals surface area (Å²) < 4.78 is 25.5. The minimum atomic E-state index is -3.39. The normalized spacial score (nSPS) is 11.6. The lowest BCUT2D eigenvalue weighted by molar-refractivity contribution is 0.580. The molecule has 0 aliphatic heterocycles. The summed E-state index contributed by atoms with van der Waals surface area (Å²) in [6.07, 6.45) is 0. The van der Waals surface area contributed by atoms with Crippen molar-refractivity contribution >= 4 is 21.5 Å².